The number of anilines is 1. The molecule has 0 aliphatic heterocycles. The zero-order valence-corrected chi connectivity index (χ0v) is 18.8. The number of nitrogens with one attached hydrogen (secondary N) is 1. The van der Waals surface area contributed by atoms with Crippen LogP contribution in [0.2, 0.25) is 0 Å². The highest BCUT2D eigenvalue weighted by molar-refractivity contribution is 7.14. The topological polar surface area (TPSA) is 82.0 Å². The maximum absolute atomic E-state index is 12.6. The third-order valence-electron chi connectivity index (χ3n) is 4.66. The molecule has 1 heterocycles. The lowest BCUT2D eigenvalue weighted by Gasteiger charge is -2.11. The summed E-state index contributed by atoms with van der Waals surface area (Å²) in [7, 11) is 3.01. The van der Waals surface area contributed by atoms with Gasteiger partial charge in [-0.1, -0.05) is 42.5 Å². The fraction of sp³-hybridized carbons (Fsp3) is 0.0800. The minimum atomic E-state index is -0.535. The molecule has 0 radical (unpaired) electrons. The summed E-state index contributed by atoms with van der Waals surface area (Å²) in [5.74, 6) is 0.606. The molecule has 166 valence electrons. The van der Waals surface area contributed by atoms with Gasteiger partial charge in [-0.25, -0.2) is 9.78 Å². The molecule has 0 fully saturated rings. The van der Waals surface area contributed by atoms with Crippen LogP contribution >= 0.6 is 11.3 Å². The van der Waals surface area contributed by atoms with E-state index in [9.17, 15) is 4.79 Å². The van der Waals surface area contributed by atoms with Crippen LogP contribution in [0.1, 0.15) is 15.9 Å². The highest BCUT2D eigenvalue weighted by Crippen LogP contribution is 2.30. The predicted molar refractivity (Wildman–Crippen MR) is 130 cm³/mol. The number of methoxy groups -OCH3 is 2. The van der Waals surface area contributed by atoms with Crippen LogP contribution in [0.5, 0.6) is 17.2 Å². The molecule has 0 amide bonds. The number of ether oxygens (including phenoxy) is 3. The average molecular weight is 460 g/mol. The number of aromatic nitrogens is 1. The first-order chi connectivity index (χ1) is 16.2. The standard InChI is InChI=1S/C25H21N3O4S/c1-30-21-11-7-6-10-19(21)24(29)32-22-13-12-17(14-23(22)31-2)15-26-28-25-27-20(16-33-25)18-8-4-3-5-9-18/h3-16H,1-2H3,(H,27,28)/b26-15+. The number of para-hydroxylation sites is 1. The number of benzene rings is 3. The molecule has 33 heavy (non-hydrogen) atoms. The molecule has 1 N–H and O–H groups in total. The van der Waals surface area contributed by atoms with Crippen molar-refractivity contribution in [2.24, 2.45) is 5.10 Å². The maximum atomic E-state index is 12.6. The van der Waals surface area contributed by atoms with Gasteiger partial charge in [-0.2, -0.15) is 5.10 Å². The van der Waals surface area contributed by atoms with Crippen molar-refractivity contribution in [3.63, 3.8) is 0 Å². The predicted octanol–water partition coefficient (Wildman–Crippen LogP) is 5.49. The second kappa shape index (κ2) is 10.4. The molecule has 0 saturated heterocycles. The molecule has 0 aliphatic carbocycles. The largest absolute Gasteiger partial charge is 0.496 e. The number of thiazole rings is 1. The molecule has 1 aromatic heterocycles. The van der Waals surface area contributed by atoms with Crippen LogP contribution in [0.4, 0.5) is 5.13 Å². The molecular weight excluding hydrogens is 438 g/mol. The summed E-state index contributed by atoms with van der Waals surface area (Å²) in [5.41, 5.74) is 5.97. The normalized spacial score (nSPS) is 10.7. The van der Waals surface area contributed by atoms with Gasteiger partial charge in [0.1, 0.15) is 11.3 Å². The average Bonchev–Trinajstić information content (AvgIpc) is 3.34. The first kappa shape index (κ1) is 22.0. The summed E-state index contributed by atoms with van der Waals surface area (Å²) >= 11 is 1.47. The van der Waals surface area contributed by atoms with Crippen molar-refractivity contribution in [3.05, 3.63) is 89.3 Å². The van der Waals surface area contributed by atoms with Crippen LogP contribution in [0.15, 0.2) is 83.3 Å². The summed E-state index contributed by atoms with van der Waals surface area (Å²) in [6.07, 6.45) is 1.64. The monoisotopic (exact) mass is 459 g/mol. The summed E-state index contributed by atoms with van der Waals surface area (Å²) in [6, 6.07) is 22.0. The zero-order chi connectivity index (χ0) is 23.0. The van der Waals surface area contributed by atoms with Crippen molar-refractivity contribution in [3.8, 4) is 28.5 Å². The Labute approximate surface area is 195 Å². The Balaban J connectivity index is 1.43. The smallest absolute Gasteiger partial charge is 0.347 e. The Hall–Kier alpha value is -4.17. The van der Waals surface area contributed by atoms with E-state index in [4.69, 9.17) is 14.2 Å². The van der Waals surface area contributed by atoms with Crippen molar-refractivity contribution in [1.82, 2.24) is 4.98 Å². The van der Waals surface area contributed by atoms with Gasteiger partial charge >= 0.3 is 5.97 Å². The molecular formula is C25H21N3O4S. The fourth-order valence-corrected chi connectivity index (χ4v) is 3.71. The molecule has 4 rings (SSSR count). The molecule has 0 unspecified atom stereocenters. The molecule has 8 heteroatoms. The van der Waals surface area contributed by atoms with Crippen LogP contribution < -0.4 is 19.6 Å². The third kappa shape index (κ3) is 5.36. The minimum absolute atomic E-state index is 0.297. The highest BCUT2D eigenvalue weighted by atomic mass is 32.1. The second-order valence-corrected chi connectivity index (χ2v) is 7.63. The van der Waals surface area contributed by atoms with E-state index < -0.39 is 5.97 Å². The van der Waals surface area contributed by atoms with Crippen molar-refractivity contribution < 1.29 is 19.0 Å². The van der Waals surface area contributed by atoms with E-state index in [-0.39, 0.29) is 0 Å². The number of carbonyl (C=O) groups is 1. The van der Waals surface area contributed by atoms with Gasteiger partial charge in [0.2, 0.25) is 5.13 Å². The Morgan fingerprint density at radius 1 is 0.939 bits per heavy atom. The molecule has 0 aliphatic rings. The van der Waals surface area contributed by atoms with Crippen LogP contribution in [0.3, 0.4) is 0 Å². The SMILES string of the molecule is COc1cc(/C=N/Nc2nc(-c3ccccc3)cs2)ccc1OC(=O)c1ccccc1OC. The van der Waals surface area contributed by atoms with E-state index in [1.165, 1.54) is 25.6 Å². The van der Waals surface area contributed by atoms with Crippen LogP contribution in [0, 0.1) is 0 Å². The van der Waals surface area contributed by atoms with E-state index in [1.807, 2.05) is 35.7 Å². The Bertz CT molecular complexity index is 1270. The summed E-state index contributed by atoms with van der Waals surface area (Å²) in [6.45, 7) is 0. The van der Waals surface area contributed by atoms with Crippen LogP contribution in [-0.2, 0) is 0 Å². The molecule has 0 atom stereocenters. The van der Waals surface area contributed by atoms with Crippen LogP contribution in [0.25, 0.3) is 11.3 Å². The quantitative estimate of drug-likeness (QED) is 0.162. The molecule has 3 aromatic carbocycles. The third-order valence-corrected chi connectivity index (χ3v) is 5.41. The van der Waals surface area contributed by atoms with Crippen LogP contribution in [-0.4, -0.2) is 31.4 Å². The van der Waals surface area contributed by atoms with Gasteiger partial charge in [0, 0.05) is 10.9 Å². The number of nitrogens with zero attached hydrogens (tertiary/aromatic N) is 2. The minimum Gasteiger partial charge on any atom is -0.496 e. The number of hydrazone groups is 1. The van der Waals surface area contributed by atoms with Crippen molar-refractivity contribution in [2.45, 2.75) is 0 Å². The lowest BCUT2D eigenvalue weighted by Crippen LogP contribution is -2.10. The molecule has 4 aromatic rings. The van der Waals surface area contributed by atoms with Gasteiger partial charge in [-0.3, -0.25) is 5.43 Å². The first-order valence-corrected chi connectivity index (χ1v) is 10.9. The summed E-state index contributed by atoms with van der Waals surface area (Å²) < 4.78 is 16.1. The van der Waals surface area contributed by atoms with Crippen molar-refractivity contribution >= 4 is 28.7 Å². The molecule has 0 bridgehead atoms. The van der Waals surface area contributed by atoms with E-state index in [2.05, 4.69) is 15.5 Å². The van der Waals surface area contributed by atoms with E-state index in [1.54, 1.807) is 48.7 Å². The Kier molecular flexibility index (Phi) is 6.96. The molecule has 7 nitrogen and oxygen atoms in total. The number of rotatable bonds is 8. The number of esters is 1. The lowest BCUT2D eigenvalue weighted by molar-refractivity contribution is 0.0726. The molecule has 0 spiro atoms. The number of hydrogen-bond acceptors (Lipinski definition) is 8. The second-order valence-electron chi connectivity index (χ2n) is 6.77. The van der Waals surface area contributed by atoms with E-state index in [0.717, 1.165) is 16.8 Å². The Morgan fingerprint density at radius 2 is 1.70 bits per heavy atom. The number of carbonyl (C=O) groups excluding carboxylic acids is 1. The van der Waals surface area contributed by atoms with Gasteiger partial charge in [-0.05, 0) is 35.9 Å². The fourth-order valence-electron chi connectivity index (χ4n) is 3.05. The maximum Gasteiger partial charge on any atom is 0.347 e. The van der Waals surface area contributed by atoms with Crippen molar-refractivity contribution in [1.29, 1.82) is 0 Å². The van der Waals surface area contributed by atoms with E-state index in [0.29, 0.717) is 27.9 Å². The lowest BCUT2D eigenvalue weighted by atomic mass is 10.2. The van der Waals surface area contributed by atoms with Gasteiger partial charge in [0.05, 0.1) is 26.1 Å². The van der Waals surface area contributed by atoms with Gasteiger partial charge in [0.15, 0.2) is 11.5 Å². The van der Waals surface area contributed by atoms with Gasteiger partial charge in [0.25, 0.3) is 0 Å². The van der Waals surface area contributed by atoms with E-state index >= 15 is 0 Å². The molecule has 0 saturated carbocycles. The summed E-state index contributed by atoms with van der Waals surface area (Å²) in [5, 5.41) is 6.90. The van der Waals surface area contributed by atoms with Gasteiger partial charge in [-0.15, -0.1) is 11.3 Å². The Morgan fingerprint density at radius 3 is 2.48 bits per heavy atom. The zero-order valence-electron chi connectivity index (χ0n) is 18.0. The van der Waals surface area contributed by atoms with Crippen molar-refractivity contribution in [2.75, 3.05) is 19.6 Å². The number of hydrogen-bond donors (Lipinski definition) is 1. The first-order valence-electron chi connectivity index (χ1n) is 10.0. The highest BCUT2D eigenvalue weighted by Gasteiger charge is 2.16. The van der Waals surface area contributed by atoms with Gasteiger partial charge < -0.3 is 14.2 Å². The summed E-state index contributed by atoms with van der Waals surface area (Å²) in [4.78, 5) is 17.1.